The molecule has 0 aromatic heterocycles. The molecule has 5 aromatic rings. The minimum atomic E-state index is -0.400. The molecule has 43 heavy (non-hydrogen) atoms. The Kier molecular flexibility index (Phi) is 7.44. The van der Waals surface area contributed by atoms with Gasteiger partial charge in [0.15, 0.2) is 23.0 Å². The summed E-state index contributed by atoms with van der Waals surface area (Å²) in [4.78, 5) is 0. The Morgan fingerprint density at radius 3 is 1.74 bits per heavy atom. The van der Waals surface area contributed by atoms with Crippen molar-refractivity contribution in [1.82, 2.24) is 0 Å². The van der Waals surface area contributed by atoms with Crippen LogP contribution >= 0.6 is 0 Å². The maximum atomic E-state index is 6.82. The van der Waals surface area contributed by atoms with Gasteiger partial charge in [-0.05, 0) is 63.7 Å². The lowest BCUT2D eigenvalue weighted by Crippen LogP contribution is -2.12. The topological polar surface area (TPSA) is 73.8 Å². The van der Waals surface area contributed by atoms with Gasteiger partial charge in [-0.2, -0.15) is 0 Å². The molecule has 0 saturated heterocycles. The van der Waals surface area contributed by atoms with Gasteiger partial charge in [0.2, 0.25) is 0 Å². The Labute approximate surface area is 250 Å². The van der Waals surface area contributed by atoms with Gasteiger partial charge >= 0.3 is 0 Å². The Hall–Kier alpha value is -4.98. The van der Waals surface area contributed by atoms with Crippen molar-refractivity contribution in [3.8, 4) is 46.0 Å². The summed E-state index contributed by atoms with van der Waals surface area (Å²) in [6.07, 6.45) is -0.400. The SMILES string of the molecule is COc1cc(OC)cc([C@@H]2c3c(cc(OC)c4c3ccc3cc(OC)c(OC)cc34)O[C@@H]2c2ccc(OC)c(OC)c2)c1. The molecular formula is C35H34O8. The van der Waals surface area contributed by atoms with Gasteiger partial charge in [-0.15, -0.1) is 0 Å². The van der Waals surface area contributed by atoms with E-state index in [0.717, 1.165) is 44.0 Å². The zero-order chi connectivity index (χ0) is 30.2. The van der Waals surface area contributed by atoms with Crippen LogP contribution in [0.2, 0.25) is 0 Å². The zero-order valence-corrected chi connectivity index (χ0v) is 25.3. The van der Waals surface area contributed by atoms with E-state index in [1.54, 1.807) is 49.8 Å². The van der Waals surface area contributed by atoms with Crippen molar-refractivity contribution in [3.63, 3.8) is 0 Å². The molecule has 5 aromatic carbocycles. The second-order valence-corrected chi connectivity index (χ2v) is 10.2. The molecule has 0 unspecified atom stereocenters. The van der Waals surface area contributed by atoms with Crippen LogP contribution in [0.25, 0.3) is 21.5 Å². The van der Waals surface area contributed by atoms with Gasteiger partial charge in [0.05, 0.1) is 55.7 Å². The molecule has 0 bridgehead atoms. The lowest BCUT2D eigenvalue weighted by molar-refractivity contribution is 0.220. The molecule has 0 spiro atoms. The number of benzene rings is 5. The van der Waals surface area contributed by atoms with Crippen molar-refractivity contribution in [2.24, 2.45) is 0 Å². The molecular weight excluding hydrogens is 548 g/mol. The predicted octanol–water partition coefficient (Wildman–Crippen LogP) is 7.32. The zero-order valence-electron chi connectivity index (χ0n) is 25.3. The molecule has 2 atom stereocenters. The van der Waals surface area contributed by atoms with Gasteiger partial charge < -0.3 is 37.9 Å². The number of hydrogen-bond donors (Lipinski definition) is 0. The molecule has 0 N–H and O–H groups in total. The van der Waals surface area contributed by atoms with Crippen LogP contribution in [0.1, 0.15) is 28.7 Å². The first-order valence-corrected chi connectivity index (χ1v) is 13.8. The Morgan fingerprint density at radius 1 is 0.488 bits per heavy atom. The number of ether oxygens (including phenoxy) is 8. The maximum absolute atomic E-state index is 6.82. The molecule has 0 aliphatic carbocycles. The highest BCUT2D eigenvalue weighted by atomic mass is 16.5. The summed E-state index contributed by atoms with van der Waals surface area (Å²) in [7, 11) is 11.5. The van der Waals surface area contributed by atoms with Crippen molar-refractivity contribution in [2.45, 2.75) is 12.0 Å². The van der Waals surface area contributed by atoms with Gasteiger partial charge in [0.25, 0.3) is 0 Å². The lowest BCUT2D eigenvalue weighted by atomic mass is 9.82. The van der Waals surface area contributed by atoms with Crippen molar-refractivity contribution >= 4 is 21.5 Å². The summed E-state index contributed by atoms with van der Waals surface area (Å²) in [5, 5.41) is 3.93. The van der Waals surface area contributed by atoms with E-state index in [2.05, 4.69) is 12.1 Å². The van der Waals surface area contributed by atoms with Crippen molar-refractivity contribution in [2.75, 3.05) is 49.8 Å². The minimum absolute atomic E-state index is 0.233. The third-order valence-corrected chi connectivity index (χ3v) is 8.14. The summed E-state index contributed by atoms with van der Waals surface area (Å²) in [6, 6.07) is 22.0. The van der Waals surface area contributed by atoms with Gasteiger partial charge in [-0.3, -0.25) is 0 Å². The molecule has 0 amide bonds. The molecule has 0 fully saturated rings. The summed E-state index contributed by atoms with van der Waals surface area (Å²) in [5.41, 5.74) is 2.94. The molecule has 8 heteroatoms. The summed E-state index contributed by atoms with van der Waals surface area (Å²) >= 11 is 0. The van der Waals surface area contributed by atoms with Crippen LogP contribution in [0.3, 0.4) is 0 Å². The Balaban J connectivity index is 1.67. The maximum Gasteiger partial charge on any atom is 0.161 e. The number of hydrogen-bond acceptors (Lipinski definition) is 8. The first kappa shape index (κ1) is 28.2. The van der Waals surface area contributed by atoms with E-state index in [1.165, 1.54) is 0 Å². The first-order chi connectivity index (χ1) is 21.0. The van der Waals surface area contributed by atoms with E-state index in [9.17, 15) is 0 Å². The fraction of sp³-hybridized carbons (Fsp3) is 0.257. The second kappa shape index (κ2) is 11.4. The van der Waals surface area contributed by atoms with Gasteiger partial charge in [0, 0.05) is 23.1 Å². The number of methoxy groups -OCH3 is 7. The van der Waals surface area contributed by atoms with Gasteiger partial charge in [0.1, 0.15) is 29.1 Å². The summed E-state index contributed by atoms with van der Waals surface area (Å²) < 4.78 is 46.6. The highest BCUT2D eigenvalue weighted by Gasteiger charge is 2.40. The van der Waals surface area contributed by atoms with Crippen LogP contribution < -0.4 is 37.9 Å². The van der Waals surface area contributed by atoms with Crippen LogP contribution in [0.15, 0.2) is 66.7 Å². The quantitative estimate of drug-likeness (QED) is 0.167. The van der Waals surface area contributed by atoms with Crippen LogP contribution in [0, 0.1) is 0 Å². The largest absolute Gasteiger partial charge is 0.497 e. The van der Waals surface area contributed by atoms with Crippen LogP contribution in [0.4, 0.5) is 0 Å². The molecule has 0 radical (unpaired) electrons. The van der Waals surface area contributed by atoms with E-state index >= 15 is 0 Å². The molecule has 1 aliphatic rings. The average Bonchev–Trinajstić information content (AvgIpc) is 3.45. The summed E-state index contributed by atoms with van der Waals surface area (Å²) in [6.45, 7) is 0. The van der Waals surface area contributed by atoms with Crippen molar-refractivity contribution < 1.29 is 37.9 Å². The lowest BCUT2D eigenvalue weighted by Gasteiger charge is -2.23. The van der Waals surface area contributed by atoms with Crippen LogP contribution in [-0.4, -0.2) is 49.8 Å². The summed E-state index contributed by atoms with van der Waals surface area (Å²) in [5.74, 6) is 5.13. The van der Waals surface area contributed by atoms with E-state index in [4.69, 9.17) is 37.9 Å². The third kappa shape index (κ3) is 4.63. The molecule has 8 nitrogen and oxygen atoms in total. The van der Waals surface area contributed by atoms with Crippen molar-refractivity contribution in [3.05, 3.63) is 83.4 Å². The highest BCUT2D eigenvalue weighted by molar-refractivity contribution is 6.13. The molecule has 6 rings (SSSR count). The smallest absolute Gasteiger partial charge is 0.161 e. The molecule has 1 aliphatic heterocycles. The fourth-order valence-corrected chi connectivity index (χ4v) is 6.12. The van der Waals surface area contributed by atoms with E-state index in [0.29, 0.717) is 40.2 Å². The first-order valence-electron chi connectivity index (χ1n) is 13.8. The molecule has 1 heterocycles. The minimum Gasteiger partial charge on any atom is -0.497 e. The highest BCUT2D eigenvalue weighted by Crippen LogP contribution is 2.56. The van der Waals surface area contributed by atoms with Gasteiger partial charge in [-0.25, -0.2) is 0 Å². The van der Waals surface area contributed by atoms with E-state index in [-0.39, 0.29) is 5.92 Å². The number of rotatable bonds is 9. The second-order valence-electron chi connectivity index (χ2n) is 10.2. The van der Waals surface area contributed by atoms with Crippen LogP contribution in [0.5, 0.6) is 46.0 Å². The third-order valence-electron chi connectivity index (χ3n) is 8.14. The Bertz CT molecular complexity index is 1810. The molecule has 222 valence electrons. The fourth-order valence-electron chi connectivity index (χ4n) is 6.12. The van der Waals surface area contributed by atoms with E-state index < -0.39 is 6.10 Å². The van der Waals surface area contributed by atoms with Crippen LogP contribution in [-0.2, 0) is 0 Å². The normalized spacial score (nSPS) is 15.5. The predicted molar refractivity (Wildman–Crippen MR) is 165 cm³/mol. The number of fused-ring (bicyclic) bond motifs is 5. The average molecular weight is 583 g/mol. The van der Waals surface area contributed by atoms with E-state index in [1.807, 2.05) is 54.6 Å². The Morgan fingerprint density at radius 2 is 1.12 bits per heavy atom. The van der Waals surface area contributed by atoms with Gasteiger partial charge in [-0.1, -0.05) is 18.2 Å². The molecule has 0 saturated carbocycles. The monoisotopic (exact) mass is 582 g/mol. The standard InChI is InChI=1S/C35H34O8/c1-36-22-12-21(13-23(16-22)37-2)32-34-24-10-8-19-14-28(40-5)29(41-6)17-25(19)33(24)30(42-7)18-31(34)43-35(32)20-9-11-26(38-3)27(15-20)39-4/h8-18,32,35H,1-7H3/t32-,35-/m1/s1. The van der Waals surface area contributed by atoms with Crippen molar-refractivity contribution in [1.29, 1.82) is 0 Å².